The fourth-order valence-corrected chi connectivity index (χ4v) is 1.96. The summed E-state index contributed by atoms with van der Waals surface area (Å²) in [5, 5.41) is 4.18. The Balaban J connectivity index is 1.67. The predicted molar refractivity (Wildman–Crippen MR) is 77.9 cm³/mol. The summed E-state index contributed by atoms with van der Waals surface area (Å²) in [7, 11) is 0. The number of nitrogens with zero attached hydrogens (tertiary/aromatic N) is 1. The Labute approximate surface area is 119 Å². The number of hydrogen-bond donors (Lipinski definition) is 1. The highest BCUT2D eigenvalue weighted by atomic mass is 79.9. The van der Waals surface area contributed by atoms with Crippen molar-refractivity contribution in [1.82, 2.24) is 0 Å². The van der Waals surface area contributed by atoms with Crippen LogP contribution in [0.25, 0.3) is 0 Å². The Morgan fingerprint density at radius 3 is 2.68 bits per heavy atom. The lowest BCUT2D eigenvalue weighted by Gasteiger charge is -2.00. The Bertz CT molecular complexity index is 611. The number of nitrogens with one attached hydrogen (secondary N) is 1. The average Bonchev–Trinajstić information content (AvgIpc) is 2.88. The molecular formula is C14H11BrN2O2. The second kappa shape index (κ2) is 5.32. The lowest BCUT2D eigenvalue weighted by Crippen LogP contribution is -1.93. The minimum atomic E-state index is 0.285. The largest absolute Gasteiger partial charge is 0.454 e. The third kappa shape index (κ3) is 2.88. The van der Waals surface area contributed by atoms with Crippen LogP contribution in [-0.2, 0) is 0 Å². The number of fused-ring (bicyclic) bond motifs is 1. The van der Waals surface area contributed by atoms with Gasteiger partial charge < -0.3 is 9.47 Å². The molecule has 96 valence electrons. The van der Waals surface area contributed by atoms with Crippen molar-refractivity contribution in [2.75, 3.05) is 12.2 Å². The van der Waals surface area contributed by atoms with Gasteiger partial charge in [-0.1, -0.05) is 15.9 Å². The second-order valence-electron chi connectivity index (χ2n) is 3.99. The minimum absolute atomic E-state index is 0.285. The van der Waals surface area contributed by atoms with Gasteiger partial charge in [-0.3, -0.25) is 5.43 Å². The van der Waals surface area contributed by atoms with E-state index >= 15 is 0 Å². The molecule has 0 aliphatic carbocycles. The average molecular weight is 319 g/mol. The van der Waals surface area contributed by atoms with Crippen LogP contribution in [0.4, 0.5) is 5.69 Å². The maximum absolute atomic E-state index is 5.31. The second-order valence-corrected chi connectivity index (χ2v) is 4.91. The van der Waals surface area contributed by atoms with E-state index in [0.29, 0.717) is 0 Å². The van der Waals surface area contributed by atoms with Crippen molar-refractivity contribution in [2.24, 2.45) is 5.10 Å². The molecule has 19 heavy (non-hydrogen) atoms. The van der Waals surface area contributed by atoms with Crippen LogP contribution in [0, 0.1) is 0 Å². The van der Waals surface area contributed by atoms with Gasteiger partial charge in [0.25, 0.3) is 0 Å². The Kier molecular flexibility index (Phi) is 3.37. The monoisotopic (exact) mass is 318 g/mol. The molecule has 1 aliphatic heterocycles. The van der Waals surface area contributed by atoms with Crippen LogP contribution < -0.4 is 14.9 Å². The van der Waals surface area contributed by atoms with Crippen molar-refractivity contribution < 1.29 is 9.47 Å². The molecule has 0 saturated carbocycles. The van der Waals surface area contributed by atoms with Crippen LogP contribution in [0.1, 0.15) is 5.56 Å². The first kappa shape index (κ1) is 12.0. The first-order valence-electron chi connectivity index (χ1n) is 5.75. The molecule has 0 atom stereocenters. The molecule has 1 heterocycles. The van der Waals surface area contributed by atoms with E-state index in [1.165, 1.54) is 0 Å². The Morgan fingerprint density at radius 1 is 1.05 bits per heavy atom. The molecule has 0 unspecified atom stereocenters. The number of hydrazone groups is 1. The van der Waals surface area contributed by atoms with Crippen molar-refractivity contribution >= 4 is 27.8 Å². The van der Waals surface area contributed by atoms with Gasteiger partial charge in [0.05, 0.1) is 11.9 Å². The van der Waals surface area contributed by atoms with Crippen LogP contribution >= 0.6 is 15.9 Å². The maximum Gasteiger partial charge on any atom is 0.231 e. The number of halogens is 1. The van der Waals surface area contributed by atoms with Gasteiger partial charge in [-0.15, -0.1) is 0 Å². The topological polar surface area (TPSA) is 42.9 Å². The number of ether oxygens (including phenoxy) is 2. The van der Waals surface area contributed by atoms with Gasteiger partial charge in [0, 0.05) is 4.47 Å². The molecule has 0 amide bonds. The molecule has 0 saturated heterocycles. The van der Waals surface area contributed by atoms with E-state index in [2.05, 4.69) is 26.5 Å². The quantitative estimate of drug-likeness (QED) is 0.694. The molecule has 0 spiro atoms. The summed E-state index contributed by atoms with van der Waals surface area (Å²) in [6, 6.07) is 13.5. The van der Waals surface area contributed by atoms with Crippen LogP contribution in [0.5, 0.6) is 11.5 Å². The fourth-order valence-electron chi connectivity index (χ4n) is 1.70. The molecule has 2 aromatic rings. The van der Waals surface area contributed by atoms with Gasteiger partial charge in [-0.2, -0.15) is 5.10 Å². The summed E-state index contributed by atoms with van der Waals surface area (Å²) in [5.41, 5.74) is 4.85. The standard InChI is InChI=1S/C14H11BrN2O2/c15-11-2-4-12(5-3-11)17-16-8-10-1-6-13-14(7-10)19-9-18-13/h1-8,17H,9H2/b16-8-. The van der Waals surface area contributed by atoms with Crippen molar-refractivity contribution in [1.29, 1.82) is 0 Å². The van der Waals surface area contributed by atoms with Gasteiger partial charge in [0.1, 0.15) is 0 Å². The molecule has 0 fully saturated rings. The lowest BCUT2D eigenvalue weighted by atomic mass is 10.2. The van der Waals surface area contributed by atoms with Gasteiger partial charge in [0.2, 0.25) is 6.79 Å². The number of rotatable bonds is 3. The molecule has 4 nitrogen and oxygen atoms in total. The highest BCUT2D eigenvalue weighted by Crippen LogP contribution is 2.31. The van der Waals surface area contributed by atoms with E-state index in [4.69, 9.17) is 9.47 Å². The van der Waals surface area contributed by atoms with Crippen LogP contribution in [0.2, 0.25) is 0 Å². The fraction of sp³-hybridized carbons (Fsp3) is 0.0714. The van der Waals surface area contributed by atoms with Crippen LogP contribution in [0.15, 0.2) is 52.0 Å². The van der Waals surface area contributed by atoms with E-state index in [1.54, 1.807) is 6.21 Å². The normalized spacial score (nSPS) is 12.9. The zero-order chi connectivity index (χ0) is 13.1. The summed E-state index contributed by atoms with van der Waals surface area (Å²) < 4.78 is 11.6. The maximum atomic E-state index is 5.31. The molecule has 0 aromatic heterocycles. The smallest absolute Gasteiger partial charge is 0.231 e. The van der Waals surface area contributed by atoms with Crippen molar-refractivity contribution in [3.8, 4) is 11.5 Å². The third-order valence-electron chi connectivity index (χ3n) is 2.65. The molecule has 0 radical (unpaired) electrons. The van der Waals surface area contributed by atoms with Gasteiger partial charge >= 0.3 is 0 Å². The van der Waals surface area contributed by atoms with Crippen molar-refractivity contribution in [3.05, 3.63) is 52.5 Å². The third-order valence-corrected chi connectivity index (χ3v) is 3.18. The molecule has 2 aromatic carbocycles. The Morgan fingerprint density at radius 2 is 1.84 bits per heavy atom. The van der Waals surface area contributed by atoms with E-state index in [-0.39, 0.29) is 6.79 Å². The van der Waals surface area contributed by atoms with Crippen LogP contribution in [-0.4, -0.2) is 13.0 Å². The first-order chi connectivity index (χ1) is 9.31. The molecule has 3 rings (SSSR count). The lowest BCUT2D eigenvalue weighted by molar-refractivity contribution is 0.174. The first-order valence-corrected chi connectivity index (χ1v) is 6.55. The summed E-state index contributed by atoms with van der Waals surface area (Å²) in [6.45, 7) is 0.285. The van der Waals surface area contributed by atoms with Crippen molar-refractivity contribution in [2.45, 2.75) is 0 Å². The van der Waals surface area contributed by atoms with E-state index < -0.39 is 0 Å². The van der Waals surface area contributed by atoms with Crippen molar-refractivity contribution in [3.63, 3.8) is 0 Å². The molecule has 1 N–H and O–H groups in total. The number of anilines is 1. The highest BCUT2D eigenvalue weighted by Gasteiger charge is 2.12. The zero-order valence-electron chi connectivity index (χ0n) is 9.97. The summed E-state index contributed by atoms with van der Waals surface area (Å²) in [6.07, 6.45) is 1.74. The number of benzene rings is 2. The SMILES string of the molecule is Brc1ccc(N/N=C\c2ccc3c(c2)OCO3)cc1. The van der Waals surface area contributed by atoms with E-state index in [1.807, 2.05) is 42.5 Å². The summed E-state index contributed by atoms with van der Waals surface area (Å²) >= 11 is 3.39. The number of hydrogen-bond acceptors (Lipinski definition) is 4. The summed E-state index contributed by atoms with van der Waals surface area (Å²) in [5.74, 6) is 1.53. The predicted octanol–water partition coefficient (Wildman–Crippen LogP) is 3.62. The Hall–Kier alpha value is -2.01. The van der Waals surface area contributed by atoms with E-state index in [9.17, 15) is 0 Å². The van der Waals surface area contributed by atoms with Gasteiger partial charge in [-0.25, -0.2) is 0 Å². The van der Waals surface area contributed by atoms with Crippen LogP contribution in [0.3, 0.4) is 0 Å². The summed E-state index contributed by atoms with van der Waals surface area (Å²) in [4.78, 5) is 0. The minimum Gasteiger partial charge on any atom is -0.454 e. The molecule has 5 heteroatoms. The van der Waals surface area contributed by atoms with Gasteiger partial charge in [-0.05, 0) is 48.0 Å². The zero-order valence-corrected chi connectivity index (χ0v) is 11.6. The molecular weight excluding hydrogens is 308 g/mol. The molecule has 0 bridgehead atoms. The molecule has 1 aliphatic rings. The highest BCUT2D eigenvalue weighted by molar-refractivity contribution is 9.10. The van der Waals surface area contributed by atoms with Gasteiger partial charge in [0.15, 0.2) is 11.5 Å². The van der Waals surface area contributed by atoms with E-state index in [0.717, 1.165) is 27.2 Å².